The molecule has 102 valence electrons. The Labute approximate surface area is 119 Å². The van der Waals surface area contributed by atoms with Gasteiger partial charge in [-0.15, -0.1) is 0 Å². The van der Waals surface area contributed by atoms with E-state index in [1.165, 1.54) is 17.0 Å². The molecule has 5 heteroatoms. The molecule has 0 N–H and O–H groups in total. The van der Waals surface area contributed by atoms with Crippen LogP contribution in [0.3, 0.4) is 0 Å². The Morgan fingerprint density at radius 1 is 1.53 bits per heavy atom. The van der Waals surface area contributed by atoms with E-state index in [0.29, 0.717) is 17.4 Å². The van der Waals surface area contributed by atoms with Crippen molar-refractivity contribution in [2.45, 2.75) is 26.2 Å². The smallest absolute Gasteiger partial charge is 0.264 e. The fourth-order valence-electron chi connectivity index (χ4n) is 2.42. The lowest BCUT2D eigenvalue weighted by Gasteiger charge is -2.16. The molecule has 2 rings (SSSR count). The summed E-state index contributed by atoms with van der Waals surface area (Å²) in [5, 5.41) is 0. The zero-order chi connectivity index (χ0) is 14.0. The van der Waals surface area contributed by atoms with Gasteiger partial charge in [-0.1, -0.05) is 19.4 Å². The molecule has 1 aliphatic rings. The maximum Gasteiger partial charge on any atom is 0.264 e. The summed E-state index contributed by atoms with van der Waals surface area (Å²) in [5.41, 5.74) is -0.0620. The van der Waals surface area contributed by atoms with Crippen molar-refractivity contribution in [1.82, 2.24) is 4.90 Å². The molecule has 1 unspecified atom stereocenters. The van der Waals surface area contributed by atoms with Gasteiger partial charge in [-0.2, -0.15) is 0 Å². The number of rotatable bonds is 3. The number of imide groups is 1. The topological polar surface area (TPSA) is 37.4 Å². The zero-order valence-electron chi connectivity index (χ0n) is 10.7. The Morgan fingerprint density at radius 3 is 2.89 bits per heavy atom. The summed E-state index contributed by atoms with van der Waals surface area (Å²) >= 11 is 3.16. The molecule has 0 bridgehead atoms. The van der Waals surface area contributed by atoms with Gasteiger partial charge in [0.25, 0.3) is 5.91 Å². The summed E-state index contributed by atoms with van der Waals surface area (Å²) in [4.78, 5) is 25.3. The normalized spacial score (nSPS) is 19.0. The van der Waals surface area contributed by atoms with Gasteiger partial charge in [-0.3, -0.25) is 14.5 Å². The average Bonchev–Trinajstić information content (AvgIpc) is 2.70. The van der Waals surface area contributed by atoms with Crippen molar-refractivity contribution < 1.29 is 14.0 Å². The van der Waals surface area contributed by atoms with Crippen molar-refractivity contribution in [2.75, 3.05) is 6.54 Å². The van der Waals surface area contributed by atoms with Crippen LogP contribution < -0.4 is 0 Å². The maximum absolute atomic E-state index is 13.7. The van der Waals surface area contributed by atoms with Crippen molar-refractivity contribution in [1.29, 1.82) is 0 Å². The molecule has 0 aliphatic carbocycles. The number of carbonyl (C=O) groups excluding carboxylic acids is 2. The van der Waals surface area contributed by atoms with Gasteiger partial charge >= 0.3 is 0 Å². The second-order valence-corrected chi connectivity index (χ2v) is 5.62. The maximum atomic E-state index is 13.7. The molecule has 1 aromatic rings. The SMILES string of the molecule is CCCC1CC(=O)N(C(=O)c2c(F)cccc2Br)C1. The molecular weight excluding hydrogens is 313 g/mol. The molecule has 0 radical (unpaired) electrons. The van der Waals surface area contributed by atoms with Crippen LogP contribution in [0, 0.1) is 11.7 Å². The molecule has 19 heavy (non-hydrogen) atoms. The molecule has 3 nitrogen and oxygen atoms in total. The standard InChI is InChI=1S/C14H15BrFNO2/c1-2-4-9-7-12(18)17(8-9)14(19)13-10(15)5-3-6-11(13)16/h3,5-6,9H,2,4,7-8H2,1H3. The predicted octanol–water partition coefficient (Wildman–Crippen LogP) is 3.38. The number of halogens is 2. The molecule has 1 saturated heterocycles. The Morgan fingerprint density at radius 2 is 2.26 bits per heavy atom. The van der Waals surface area contributed by atoms with Gasteiger partial charge in [0.05, 0.1) is 5.56 Å². The number of hydrogen-bond acceptors (Lipinski definition) is 2. The third-order valence-electron chi connectivity index (χ3n) is 3.32. The second kappa shape index (κ2) is 5.82. The first kappa shape index (κ1) is 14.2. The summed E-state index contributed by atoms with van der Waals surface area (Å²) in [7, 11) is 0. The van der Waals surface area contributed by atoms with E-state index < -0.39 is 11.7 Å². The lowest BCUT2D eigenvalue weighted by molar-refractivity contribution is -0.125. The summed E-state index contributed by atoms with van der Waals surface area (Å²) in [5.74, 6) is -1.16. The Kier molecular flexibility index (Phi) is 4.34. The molecular formula is C14H15BrFNO2. The molecule has 1 aromatic carbocycles. The van der Waals surface area contributed by atoms with Crippen LogP contribution >= 0.6 is 15.9 Å². The molecule has 1 aliphatic heterocycles. The van der Waals surface area contributed by atoms with Crippen LogP contribution in [0.15, 0.2) is 22.7 Å². The van der Waals surface area contributed by atoms with Crippen LogP contribution in [0.25, 0.3) is 0 Å². The highest BCUT2D eigenvalue weighted by Gasteiger charge is 2.35. The van der Waals surface area contributed by atoms with Crippen LogP contribution in [0.1, 0.15) is 36.5 Å². The highest BCUT2D eigenvalue weighted by molar-refractivity contribution is 9.10. The fraction of sp³-hybridized carbons (Fsp3) is 0.429. The van der Waals surface area contributed by atoms with E-state index in [1.807, 2.05) is 6.92 Å². The average molecular weight is 328 g/mol. The van der Waals surface area contributed by atoms with Crippen LogP contribution in [0.2, 0.25) is 0 Å². The third-order valence-corrected chi connectivity index (χ3v) is 3.98. The molecule has 1 fully saturated rings. The van der Waals surface area contributed by atoms with Crippen LogP contribution in [-0.4, -0.2) is 23.3 Å². The number of benzene rings is 1. The minimum Gasteiger partial charge on any atom is -0.278 e. The minimum atomic E-state index is -0.605. The van der Waals surface area contributed by atoms with E-state index >= 15 is 0 Å². The number of amides is 2. The van der Waals surface area contributed by atoms with Crippen molar-refractivity contribution in [3.05, 3.63) is 34.1 Å². The van der Waals surface area contributed by atoms with Crippen molar-refractivity contribution in [3.8, 4) is 0 Å². The molecule has 1 atom stereocenters. The largest absolute Gasteiger partial charge is 0.278 e. The van der Waals surface area contributed by atoms with Crippen molar-refractivity contribution >= 4 is 27.7 Å². The van der Waals surface area contributed by atoms with Gasteiger partial charge in [0.2, 0.25) is 5.91 Å². The van der Waals surface area contributed by atoms with Gasteiger partial charge in [0.1, 0.15) is 5.82 Å². The summed E-state index contributed by atoms with van der Waals surface area (Å²) in [6, 6.07) is 4.34. The van der Waals surface area contributed by atoms with Gasteiger partial charge in [-0.25, -0.2) is 4.39 Å². The highest BCUT2D eigenvalue weighted by atomic mass is 79.9. The summed E-state index contributed by atoms with van der Waals surface area (Å²) in [6.45, 7) is 2.44. The minimum absolute atomic E-state index is 0.0620. The zero-order valence-corrected chi connectivity index (χ0v) is 12.2. The summed E-state index contributed by atoms with van der Waals surface area (Å²) < 4.78 is 14.1. The Bertz CT molecular complexity index is 498. The van der Waals surface area contributed by atoms with E-state index in [0.717, 1.165) is 12.8 Å². The van der Waals surface area contributed by atoms with Gasteiger partial charge < -0.3 is 0 Å². The highest BCUT2D eigenvalue weighted by Crippen LogP contribution is 2.27. The van der Waals surface area contributed by atoms with E-state index in [4.69, 9.17) is 0 Å². The van der Waals surface area contributed by atoms with Crippen LogP contribution in [0.5, 0.6) is 0 Å². The molecule has 2 amide bonds. The monoisotopic (exact) mass is 327 g/mol. The quantitative estimate of drug-likeness (QED) is 0.798. The van der Waals surface area contributed by atoms with Crippen LogP contribution in [-0.2, 0) is 4.79 Å². The molecule has 0 spiro atoms. The Balaban J connectivity index is 2.23. The van der Waals surface area contributed by atoms with Crippen molar-refractivity contribution in [3.63, 3.8) is 0 Å². The molecule has 0 saturated carbocycles. The van der Waals surface area contributed by atoms with Crippen LogP contribution in [0.4, 0.5) is 4.39 Å². The lowest BCUT2D eigenvalue weighted by atomic mass is 10.0. The lowest BCUT2D eigenvalue weighted by Crippen LogP contribution is -2.33. The molecule has 0 aromatic heterocycles. The van der Waals surface area contributed by atoms with E-state index in [1.54, 1.807) is 6.07 Å². The number of carbonyl (C=O) groups is 2. The van der Waals surface area contributed by atoms with Gasteiger partial charge in [0, 0.05) is 17.4 Å². The third kappa shape index (κ3) is 2.86. The number of nitrogens with zero attached hydrogens (tertiary/aromatic N) is 1. The second-order valence-electron chi connectivity index (χ2n) is 4.76. The summed E-state index contributed by atoms with van der Waals surface area (Å²) in [6.07, 6.45) is 2.27. The van der Waals surface area contributed by atoms with Gasteiger partial charge in [-0.05, 0) is 40.4 Å². The van der Waals surface area contributed by atoms with Crippen molar-refractivity contribution in [2.24, 2.45) is 5.92 Å². The van der Waals surface area contributed by atoms with E-state index in [2.05, 4.69) is 15.9 Å². The number of likely N-dealkylation sites (tertiary alicyclic amines) is 1. The number of hydrogen-bond donors (Lipinski definition) is 0. The first-order valence-electron chi connectivity index (χ1n) is 6.33. The first-order valence-corrected chi connectivity index (χ1v) is 7.12. The first-order chi connectivity index (χ1) is 9.04. The Hall–Kier alpha value is -1.23. The van der Waals surface area contributed by atoms with E-state index in [-0.39, 0.29) is 17.4 Å². The predicted molar refractivity (Wildman–Crippen MR) is 73.2 cm³/mol. The fourth-order valence-corrected chi connectivity index (χ4v) is 2.93. The van der Waals surface area contributed by atoms with Gasteiger partial charge in [0.15, 0.2) is 0 Å². The molecule has 1 heterocycles. The van der Waals surface area contributed by atoms with E-state index in [9.17, 15) is 14.0 Å².